The van der Waals surface area contributed by atoms with E-state index in [9.17, 15) is 5.11 Å². The molecule has 16 heavy (non-hydrogen) atoms. The quantitative estimate of drug-likeness (QED) is 0.655. The van der Waals surface area contributed by atoms with Crippen molar-refractivity contribution in [2.75, 3.05) is 13.1 Å². The van der Waals surface area contributed by atoms with Crippen LogP contribution in [-0.2, 0) is 0 Å². The van der Waals surface area contributed by atoms with Crippen molar-refractivity contribution in [1.29, 1.82) is 0 Å². The first-order valence-corrected chi connectivity index (χ1v) is 6.54. The Morgan fingerprint density at radius 3 is 2.12 bits per heavy atom. The van der Waals surface area contributed by atoms with Crippen LogP contribution in [0.2, 0.25) is 0 Å². The minimum atomic E-state index is -0.263. The average Bonchev–Trinajstić information content (AvgIpc) is 2.47. The highest BCUT2D eigenvalue weighted by Gasteiger charge is 2.48. The normalized spacial score (nSPS) is 35.8. The number of nitrogens with zero attached hydrogens (tertiary/aromatic N) is 1. The van der Waals surface area contributed by atoms with E-state index in [2.05, 4.69) is 25.7 Å². The van der Waals surface area contributed by atoms with E-state index < -0.39 is 0 Å². The van der Waals surface area contributed by atoms with Crippen molar-refractivity contribution in [2.24, 2.45) is 11.1 Å². The van der Waals surface area contributed by atoms with Crippen molar-refractivity contribution in [1.82, 2.24) is 4.90 Å². The number of piperidine rings is 1. The van der Waals surface area contributed by atoms with Gasteiger partial charge in [-0.15, -0.1) is 0 Å². The number of likely N-dealkylation sites (tertiary alicyclic amines) is 1. The molecule has 2 rings (SSSR count). The first-order valence-electron chi connectivity index (χ1n) is 6.54. The van der Waals surface area contributed by atoms with Gasteiger partial charge in [-0.05, 0) is 65.0 Å². The summed E-state index contributed by atoms with van der Waals surface area (Å²) >= 11 is 0. The summed E-state index contributed by atoms with van der Waals surface area (Å²) in [5.74, 6) is 0. The fourth-order valence-corrected chi connectivity index (χ4v) is 3.40. The standard InChI is InChI=1S/C13H26N2O/c1-12(2,3)15-8-6-13(7-9-15)5-4-10(16)11(13)14/h10-11,16H,4-9,14H2,1-3H3/t10?,11-/m0/s1. The van der Waals surface area contributed by atoms with Gasteiger partial charge < -0.3 is 10.8 Å². The molecule has 0 bridgehead atoms. The molecule has 0 radical (unpaired) electrons. The number of hydrogen-bond acceptors (Lipinski definition) is 3. The number of nitrogens with two attached hydrogens (primary N) is 1. The summed E-state index contributed by atoms with van der Waals surface area (Å²) in [6, 6.07) is 0.00891. The molecular weight excluding hydrogens is 200 g/mol. The van der Waals surface area contributed by atoms with Crippen LogP contribution in [-0.4, -0.2) is 40.8 Å². The van der Waals surface area contributed by atoms with Gasteiger partial charge in [0.1, 0.15) is 0 Å². The first-order chi connectivity index (χ1) is 7.35. The maximum atomic E-state index is 9.80. The van der Waals surface area contributed by atoms with Gasteiger partial charge in [-0.3, -0.25) is 4.90 Å². The van der Waals surface area contributed by atoms with Crippen LogP contribution in [0.1, 0.15) is 46.5 Å². The van der Waals surface area contributed by atoms with E-state index >= 15 is 0 Å². The third-order valence-corrected chi connectivity index (χ3v) is 4.77. The molecule has 2 aliphatic rings. The first kappa shape index (κ1) is 12.3. The molecule has 3 nitrogen and oxygen atoms in total. The average molecular weight is 226 g/mol. The Balaban J connectivity index is 2.00. The van der Waals surface area contributed by atoms with E-state index in [0.717, 1.165) is 38.8 Å². The van der Waals surface area contributed by atoms with Crippen LogP contribution in [0.3, 0.4) is 0 Å². The lowest BCUT2D eigenvalue weighted by Crippen LogP contribution is -2.53. The molecule has 2 atom stereocenters. The molecule has 3 N–H and O–H groups in total. The van der Waals surface area contributed by atoms with Crippen molar-refractivity contribution in [3.8, 4) is 0 Å². The van der Waals surface area contributed by atoms with E-state index in [1.807, 2.05) is 0 Å². The molecule has 2 fully saturated rings. The summed E-state index contributed by atoms with van der Waals surface area (Å²) in [5.41, 5.74) is 6.68. The summed E-state index contributed by atoms with van der Waals surface area (Å²) < 4.78 is 0. The highest BCUT2D eigenvalue weighted by Crippen LogP contribution is 2.46. The van der Waals surface area contributed by atoms with Crippen LogP contribution < -0.4 is 5.73 Å². The van der Waals surface area contributed by atoms with Crippen LogP contribution in [0, 0.1) is 5.41 Å². The summed E-state index contributed by atoms with van der Waals surface area (Å²) in [5, 5.41) is 9.80. The van der Waals surface area contributed by atoms with Gasteiger partial charge in [0.2, 0.25) is 0 Å². The van der Waals surface area contributed by atoms with Crippen LogP contribution in [0.5, 0.6) is 0 Å². The fourth-order valence-electron chi connectivity index (χ4n) is 3.40. The second-order valence-electron chi connectivity index (χ2n) is 6.65. The molecule has 1 aliphatic carbocycles. The zero-order valence-electron chi connectivity index (χ0n) is 10.9. The predicted molar refractivity (Wildman–Crippen MR) is 66.2 cm³/mol. The third kappa shape index (κ3) is 2.01. The molecule has 1 heterocycles. The SMILES string of the molecule is CC(C)(C)N1CCC2(CCC(O)[C@@H]2N)CC1. The van der Waals surface area contributed by atoms with E-state index in [0.29, 0.717) is 0 Å². The third-order valence-electron chi connectivity index (χ3n) is 4.77. The minimum absolute atomic E-state index is 0.00891. The Labute approximate surface area is 99.0 Å². The van der Waals surface area contributed by atoms with E-state index in [4.69, 9.17) is 5.73 Å². The number of aliphatic hydroxyl groups is 1. The maximum absolute atomic E-state index is 9.80. The van der Waals surface area contributed by atoms with Crippen molar-refractivity contribution < 1.29 is 5.11 Å². The Bertz CT molecular complexity index is 251. The topological polar surface area (TPSA) is 49.5 Å². The second-order valence-corrected chi connectivity index (χ2v) is 6.65. The zero-order valence-corrected chi connectivity index (χ0v) is 10.9. The lowest BCUT2D eigenvalue weighted by molar-refractivity contribution is 0.0260. The molecule has 3 heteroatoms. The van der Waals surface area contributed by atoms with Gasteiger partial charge in [0.25, 0.3) is 0 Å². The zero-order chi connectivity index (χ0) is 12.0. The van der Waals surface area contributed by atoms with Crippen LogP contribution in [0.25, 0.3) is 0 Å². The van der Waals surface area contributed by atoms with E-state index in [1.54, 1.807) is 0 Å². The highest BCUT2D eigenvalue weighted by molar-refractivity contribution is 5.03. The Kier molecular flexibility index (Phi) is 3.06. The summed E-state index contributed by atoms with van der Waals surface area (Å²) in [6.45, 7) is 9.07. The van der Waals surface area contributed by atoms with E-state index in [1.165, 1.54) is 0 Å². The number of hydrogen-bond donors (Lipinski definition) is 2. The van der Waals surface area contributed by atoms with Crippen molar-refractivity contribution >= 4 is 0 Å². The summed E-state index contributed by atoms with van der Waals surface area (Å²) in [7, 11) is 0. The smallest absolute Gasteiger partial charge is 0.0696 e. The number of rotatable bonds is 0. The molecule has 1 spiro atoms. The van der Waals surface area contributed by atoms with Gasteiger partial charge >= 0.3 is 0 Å². The second kappa shape index (κ2) is 3.97. The lowest BCUT2D eigenvalue weighted by atomic mass is 9.73. The van der Waals surface area contributed by atoms with Crippen molar-refractivity contribution in [3.63, 3.8) is 0 Å². The fraction of sp³-hybridized carbons (Fsp3) is 1.00. The van der Waals surface area contributed by atoms with Crippen LogP contribution in [0.4, 0.5) is 0 Å². The van der Waals surface area contributed by atoms with E-state index in [-0.39, 0.29) is 23.1 Å². The van der Waals surface area contributed by atoms with Crippen LogP contribution in [0.15, 0.2) is 0 Å². The molecule has 1 saturated carbocycles. The molecule has 1 aliphatic heterocycles. The minimum Gasteiger partial charge on any atom is -0.391 e. The van der Waals surface area contributed by atoms with Crippen molar-refractivity contribution in [3.05, 3.63) is 0 Å². The maximum Gasteiger partial charge on any atom is 0.0696 e. The number of aliphatic hydroxyl groups excluding tert-OH is 1. The van der Waals surface area contributed by atoms with Gasteiger partial charge in [0, 0.05) is 11.6 Å². The highest BCUT2D eigenvalue weighted by atomic mass is 16.3. The molecular formula is C13H26N2O. The lowest BCUT2D eigenvalue weighted by Gasteiger charge is -2.47. The van der Waals surface area contributed by atoms with Crippen LogP contribution >= 0.6 is 0 Å². The Hall–Kier alpha value is -0.120. The molecule has 94 valence electrons. The van der Waals surface area contributed by atoms with Crippen molar-refractivity contribution in [2.45, 2.75) is 64.1 Å². The Morgan fingerprint density at radius 1 is 1.19 bits per heavy atom. The molecule has 1 saturated heterocycles. The predicted octanol–water partition coefficient (Wildman–Crippen LogP) is 1.35. The largest absolute Gasteiger partial charge is 0.391 e. The monoisotopic (exact) mass is 226 g/mol. The molecule has 0 amide bonds. The molecule has 0 aromatic rings. The van der Waals surface area contributed by atoms with Gasteiger partial charge in [-0.1, -0.05) is 0 Å². The van der Waals surface area contributed by atoms with Gasteiger partial charge in [0.15, 0.2) is 0 Å². The molecule has 1 unspecified atom stereocenters. The van der Waals surface area contributed by atoms with Gasteiger partial charge in [-0.2, -0.15) is 0 Å². The molecule has 0 aromatic heterocycles. The summed E-state index contributed by atoms with van der Waals surface area (Å²) in [6.07, 6.45) is 4.07. The Morgan fingerprint density at radius 2 is 1.75 bits per heavy atom. The molecule has 0 aromatic carbocycles. The summed E-state index contributed by atoms with van der Waals surface area (Å²) in [4.78, 5) is 2.54. The van der Waals surface area contributed by atoms with Gasteiger partial charge in [0.05, 0.1) is 6.10 Å². The van der Waals surface area contributed by atoms with Gasteiger partial charge in [-0.25, -0.2) is 0 Å².